The van der Waals surface area contributed by atoms with E-state index in [0.717, 1.165) is 17.0 Å². The van der Waals surface area contributed by atoms with Crippen molar-refractivity contribution < 1.29 is 14.7 Å². The van der Waals surface area contributed by atoms with Crippen molar-refractivity contribution in [1.82, 2.24) is 0 Å². The number of carbonyl (C=O) groups excluding carboxylic acids is 1. The third-order valence-corrected chi connectivity index (χ3v) is 3.67. The van der Waals surface area contributed by atoms with Gasteiger partial charge in [0.05, 0.1) is 5.00 Å². The van der Waals surface area contributed by atoms with Gasteiger partial charge >= 0.3 is 5.97 Å². The molecule has 20 heavy (non-hydrogen) atoms. The zero-order valence-electron chi connectivity index (χ0n) is 11.1. The molecule has 0 saturated carbocycles. The van der Waals surface area contributed by atoms with E-state index >= 15 is 0 Å². The predicted molar refractivity (Wildman–Crippen MR) is 80.0 cm³/mol. The van der Waals surface area contributed by atoms with Gasteiger partial charge in [-0.05, 0) is 30.3 Å². The molecule has 0 fully saturated rings. The molecule has 0 spiro atoms. The maximum absolute atomic E-state index is 12.1. The summed E-state index contributed by atoms with van der Waals surface area (Å²) in [5, 5.41) is 12.1. The lowest BCUT2D eigenvalue weighted by molar-refractivity contribution is 0.0702. The lowest BCUT2D eigenvalue weighted by atomic mass is 10.2. The number of benzene rings is 1. The van der Waals surface area contributed by atoms with E-state index in [4.69, 9.17) is 5.11 Å². The van der Waals surface area contributed by atoms with Crippen LogP contribution < -0.4 is 10.2 Å². The van der Waals surface area contributed by atoms with Gasteiger partial charge in [-0.1, -0.05) is 6.07 Å². The van der Waals surface area contributed by atoms with Crippen molar-refractivity contribution in [1.29, 1.82) is 0 Å². The van der Waals surface area contributed by atoms with E-state index in [1.165, 1.54) is 6.07 Å². The average Bonchev–Trinajstić information content (AvgIpc) is 2.87. The molecule has 104 valence electrons. The minimum Gasteiger partial charge on any atom is -0.477 e. The number of rotatable bonds is 4. The highest BCUT2D eigenvalue weighted by molar-refractivity contribution is 7.18. The molecule has 1 aromatic carbocycles. The number of anilines is 2. The van der Waals surface area contributed by atoms with Gasteiger partial charge in [0.15, 0.2) is 0 Å². The van der Waals surface area contributed by atoms with Crippen LogP contribution in [0.4, 0.5) is 10.7 Å². The summed E-state index contributed by atoms with van der Waals surface area (Å²) in [5.41, 5.74) is 1.46. The van der Waals surface area contributed by atoms with Crippen LogP contribution in [-0.2, 0) is 0 Å². The van der Waals surface area contributed by atoms with E-state index in [0.29, 0.717) is 10.6 Å². The van der Waals surface area contributed by atoms with Crippen LogP contribution in [0.1, 0.15) is 20.0 Å². The molecule has 1 heterocycles. The lowest BCUT2D eigenvalue weighted by Crippen LogP contribution is -2.13. The second kappa shape index (κ2) is 5.75. The first kappa shape index (κ1) is 14.1. The van der Waals surface area contributed by atoms with Crippen LogP contribution in [0.3, 0.4) is 0 Å². The molecule has 0 saturated heterocycles. The van der Waals surface area contributed by atoms with Gasteiger partial charge in [-0.15, -0.1) is 11.3 Å². The number of carboxylic acid groups (broad SMARTS) is 1. The Labute approximate surface area is 120 Å². The summed E-state index contributed by atoms with van der Waals surface area (Å²) in [6.45, 7) is 0. The van der Waals surface area contributed by atoms with E-state index in [2.05, 4.69) is 5.32 Å². The zero-order valence-corrected chi connectivity index (χ0v) is 11.9. The fourth-order valence-electron chi connectivity index (χ4n) is 1.63. The number of carboxylic acids is 1. The van der Waals surface area contributed by atoms with Crippen LogP contribution in [0, 0.1) is 0 Å². The van der Waals surface area contributed by atoms with Crippen molar-refractivity contribution in [2.24, 2.45) is 0 Å². The number of hydrogen-bond acceptors (Lipinski definition) is 4. The Morgan fingerprint density at radius 1 is 1.20 bits per heavy atom. The number of thiophene rings is 1. The maximum Gasteiger partial charge on any atom is 0.345 e. The van der Waals surface area contributed by atoms with Gasteiger partial charge in [-0.3, -0.25) is 4.79 Å². The molecular weight excluding hydrogens is 276 g/mol. The quantitative estimate of drug-likeness (QED) is 0.908. The minimum atomic E-state index is -0.995. The largest absolute Gasteiger partial charge is 0.477 e. The third-order valence-electron chi connectivity index (χ3n) is 2.68. The van der Waals surface area contributed by atoms with E-state index in [9.17, 15) is 9.59 Å². The molecule has 2 rings (SSSR count). The van der Waals surface area contributed by atoms with E-state index in [1.807, 2.05) is 25.1 Å². The number of aromatic carboxylic acids is 1. The molecule has 1 aromatic heterocycles. The highest BCUT2D eigenvalue weighted by Gasteiger charge is 2.11. The van der Waals surface area contributed by atoms with E-state index in [1.54, 1.807) is 24.3 Å². The van der Waals surface area contributed by atoms with Gasteiger partial charge < -0.3 is 15.3 Å². The van der Waals surface area contributed by atoms with E-state index < -0.39 is 5.97 Å². The van der Waals surface area contributed by atoms with Gasteiger partial charge in [0.1, 0.15) is 4.88 Å². The Hall–Kier alpha value is -2.34. The molecule has 5 nitrogen and oxygen atoms in total. The van der Waals surface area contributed by atoms with Crippen molar-refractivity contribution in [2.45, 2.75) is 0 Å². The van der Waals surface area contributed by atoms with Gasteiger partial charge in [0, 0.05) is 25.3 Å². The summed E-state index contributed by atoms with van der Waals surface area (Å²) in [6.07, 6.45) is 0. The van der Waals surface area contributed by atoms with Gasteiger partial charge in [-0.2, -0.15) is 0 Å². The Morgan fingerprint density at radius 2 is 1.95 bits per heavy atom. The molecule has 0 bridgehead atoms. The third kappa shape index (κ3) is 3.16. The molecule has 2 aromatic rings. The molecule has 1 amide bonds. The summed E-state index contributed by atoms with van der Waals surface area (Å²) in [6, 6.07) is 10.3. The molecule has 0 aliphatic heterocycles. The first-order chi connectivity index (χ1) is 9.47. The standard InChI is InChI=1S/C14H14N2O3S/c1-16(2)10-5-3-4-9(8-10)13(17)15-12-7-6-11(20-12)14(18)19/h3-8H,1-2H3,(H,15,17)(H,18,19). The second-order valence-electron chi connectivity index (χ2n) is 4.37. The summed E-state index contributed by atoms with van der Waals surface area (Å²) < 4.78 is 0. The van der Waals surface area contributed by atoms with Crippen molar-refractivity contribution in [2.75, 3.05) is 24.3 Å². The monoisotopic (exact) mass is 290 g/mol. The lowest BCUT2D eigenvalue weighted by Gasteiger charge is -2.13. The highest BCUT2D eigenvalue weighted by atomic mass is 32.1. The Kier molecular flexibility index (Phi) is 4.05. The topological polar surface area (TPSA) is 69.6 Å². The summed E-state index contributed by atoms with van der Waals surface area (Å²) >= 11 is 1.03. The SMILES string of the molecule is CN(C)c1cccc(C(=O)Nc2ccc(C(=O)O)s2)c1. The van der Waals surface area contributed by atoms with Crippen molar-refractivity contribution in [3.8, 4) is 0 Å². The molecule has 2 N–H and O–H groups in total. The zero-order chi connectivity index (χ0) is 14.7. The number of nitrogens with one attached hydrogen (secondary N) is 1. The predicted octanol–water partition coefficient (Wildman–Crippen LogP) is 2.76. The molecular formula is C14H14N2O3S. The van der Waals surface area contributed by atoms with E-state index in [-0.39, 0.29) is 10.8 Å². The van der Waals surface area contributed by atoms with Gasteiger partial charge in [-0.25, -0.2) is 4.79 Å². The van der Waals surface area contributed by atoms with Crippen LogP contribution in [0.15, 0.2) is 36.4 Å². The fraction of sp³-hybridized carbons (Fsp3) is 0.143. The Balaban J connectivity index is 2.15. The molecule has 6 heteroatoms. The van der Waals surface area contributed by atoms with Crippen molar-refractivity contribution in [3.05, 3.63) is 46.8 Å². The molecule has 0 radical (unpaired) electrons. The summed E-state index contributed by atoms with van der Waals surface area (Å²) in [4.78, 5) is 25.0. The normalized spacial score (nSPS) is 10.1. The number of hydrogen-bond donors (Lipinski definition) is 2. The molecule has 0 unspecified atom stereocenters. The minimum absolute atomic E-state index is 0.197. The van der Waals surface area contributed by atoms with Crippen molar-refractivity contribution >= 4 is 33.9 Å². The molecule has 0 aliphatic rings. The van der Waals surface area contributed by atoms with Crippen LogP contribution in [-0.4, -0.2) is 31.1 Å². The smallest absolute Gasteiger partial charge is 0.345 e. The fourth-order valence-corrected chi connectivity index (χ4v) is 2.37. The average molecular weight is 290 g/mol. The Bertz CT molecular complexity index is 649. The number of nitrogens with zero attached hydrogens (tertiary/aromatic N) is 1. The second-order valence-corrected chi connectivity index (χ2v) is 5.45. The van der Waals surface area contributed by atoms with Crippen molar-refractivity contribution in [3.63, 3.8) is 0 Å². The molecule has 0 aliphatic carbocycles. The molecule has 0 atom stereocenters. The van der Waals surface area contributed by atoms with Crippen LogP contribution in [0.5, 0.6) is 0 Å². The van der Waals surface area contributed by atoms with Crippen LogP contribution in [0.2, 0.25) is 0 Å². The first-order valence-electron chi connectivity index (χ1n) is 5.89. The number of amides is 1. The number of carbonyl (C=O) groups is 2. The van der Waals surface area contributed by atoms with Crippen LogP contribution >= 0.6 is 11.3 Å². The van der Waals surface area contributed by atoms with Gasteiger partial charge in [0.25, 0.3) is 5.91 Å². The summed E-state index contributed by atoms with van der Waals surface area (Å²) in [5.74, 6) is -1.25. The highest BCUT2D eigenvalue weighted by Crippen LogP contribution is 2.23. The first-order valence-corrected chi connectivity index (χ1v) is 6.71. The summed E-state index contributed by atoms with van der Waals surface area (Å²) in [7, 11) is 3.80. The van der Waals surface area contributed by atoms with Gasteiger partial charge in [0.2, 0.25) is 0 Å². The Morgan fingerprint density at radius 3 is 2.55 bits per heavy atom. The van der Waals surface area contributed by atoms with Crippen LogP contribution in [0.25, 0.3) is 0 Å². The maximum atomic E-state index is 12.1.